The van der Waals surface area contributed by atoms with Crippen LogP contribution in [-0.4, -0.2) is 49.7 Å². The van der Waals surface area contributed by atoms with Crippen molar-refractivity contribution in [2.45, 2.75) is 26.4 Å². The number of rotatable bonds is 6. The summed E-state index contributed by atoms with van der Waals surface area (Å²) in [6, 6.07) is 0. The number of hydrogen-bond donors (Lipinski definition) is 3. The molecule has 0 aliphatic rings. The lowest BCUT2D eigenvalue weighted by Gasteiger charge is -2.19. The predicted molar refractivity (Wildman–Crippen MR) is 76.5 cm³/mol. The second-order valence-electron chi connectivity index (χ2n) is 5.14. The highest BCUT2D eigenvalue weighted by Gasteiger charge is 2.17. The largest absolute Gasteiger partial charge is 0.468 e. The van der Waals surface area contributed by atoms with Gasteiger partial charge >= 0.3 is 12.1 Å². The van der Waals surface area contributed by atoms with Crippen molar-refractivity contribution in [2.24, 2.45) is 0 Å². The zero-order chi connectivity index (χ0) is 17.3. The third-order valence-electron chi connectivity index (χ3n) is 1.98. The molecule has 0 fully saturated rings. The maximum absolute atomic E-state index is 11.5. The molecule has 9 heteroatoms. The van der Waals surface area contributed by atoms with Crippen LogP contribution in [0.2, 0.25) is 0 Å². The Morgan fingerprint density at radius 1 is 1.05 bits per heavy atom. The van der Waals surface area contributed by atoms with Gasteiger partial charge in [-0.05, 0) is 20.8 Å². The Kier molecular flexibility index (Phi) is 7.64. The van der Waals surface area contributed by atoms with E-state index in [9.17, 15) is 19.2 Å². The maximum Gasteiger partial charge on any atom is 0.408 e. The van der Waals surface area contributed by atoms with E-state index < -0.39 is 36.0 Å². The van der Waals surface area contributed by atoms with Gasteiger partial charge in [-0.15, -0.1) is 0 Å². The van der Waals surface area contributed by atoms with E-state index in [4.69, 9.17) is 4.74 Å². The number of esters is 1. The Morgan fingerprint density at radius 2 is 1.64 bits per heavy atom. The molecule has 0 heterocycles. The van der Waals surface area contributed by atoms with Crippen molar-refractivity contribution >= 4 is 23.9 Å². The standard InChI is InChI=1S/C13H21N3O6/c1-8(11(19)14-7-10(18)21-5)16-9(17)6-15-12(20)22-13(2,3)4/h1,6-7H2,2-5H3,(H,14,19)(H,15,20)(H,16,17). The maximum atomic E-state index is 11.5. The summed E-state index contributed by atoms with van der Waals surface area (Å²) in [5, 5.41) is 6.59. The van der Waals surface area contributed by atoms with E-state index in [-0.39, 0.29) is 12.2 Å². The van der Waals surface area contributed by atoms with Crippen LogP contribution in [-0.2, 0) is 23.9 Å². The minimum Gasteiger partial charge on any atom is -0.468 e. The van der Waals surface area contributed by atoms with Crippen molar-refractivity contribution in [1.82, 2.24) is 16.0 Å². The van der Waals surface area contributed by atoms with E-state index in [2.05, 4.69) is 27.3 Å². The quantitative estimate of drug-likeness (QED) is 0.445. The van der Waals surface area contributed by atoms with Gasteiger partial charge in [0.25, 0.3) is 5.91 Å². The molecule has 0 bridgehead atoms. The van der Waals surface area contributed by atoms with Gasteiger partial charge in [0, 0.05) is 0 Å². The third kappa shape index (κ3) is 9.34. The third-order valence-corrected chi connectivity index (χ3v) is 1.98. The lowest BCUT2D eigenvalue weighted by molar-refractivity contribution is -0.140. The van der Waals surface area contributed by atoms with Gasteiger partial charge in [-0.1, -0.05) is 6.58 Å². The summed E-state index contributed by atoms with van der Waals surface area (Å²) in [4.78, 5) is 45.2. The molecule has 0 unspecified atom stereocenters. The number of methoxy groups -OCH3 is 1. The molecule has 0 atom stereocenters. The topological polar surface area (TPSA) is 123 Å². The van der Waals surface area contributed by atoms with E-state index >= 15 is 0 Å². The average molecular weight is 315 g/mol. The first kappa shape index (κ1) is 19.4. The number of amides is 3. The van der Waals surface area contributed by atoms with Gasteiger partial charge in [0.05, 0.1) is 12.8 Å². The van der Waals surface area contributed by atoms with Crippen LogP contribution in [0.1, 0.15) is 20.8 Å². The SMILES string of the molecule is C=C(NC(=O)CNC(=O)OC(C)(C)C)C(=O)NCC(=O)OC. The second kappa shape index (κ2) is 8.65. The Bertz CT molecular complexity index is 467. The summed E-state index contributed by atoms with van der Waals surface area (Å²) in [5.41, 5.74) is -0.947. The monoisotopic (exact) mass is 315 g/mol. The van der Waals surface area contributed by atoms with E-state index in [0.717, 1.165) is 0 Å². The van der Waals surface area contributed by atoms with Gasteiger partial charge in [0.1, 0.15) is 18.7 Å². The van der Waals surface area contributed by atoms with Crippen molar-refractivity contribution in [3.05, 3.63) is 12.3 Å². The number of hydrogen-bond acceptors (Lipinski definition) is 6. The summed E-state index contributed by atoms with van der Waals surface area (Å²) < 4.78 is 9.27. The molecule has 0 aliphatic carbocycles. The van der Waals surface area contributed by atoms with Crippen molar-refractivity contribution in [3.63, 3.8) is 0 Å². The fourth-order valence-corrected chi connectivity index (χ4v) is 1.07. The first-order valence-electron chi connectivity index (χ1n) is 6.35. The number of nitrogens with one attached hydrogen (secondary N) is 3. The van der Waals surface area contributed by atoms with Gasteiger partial charge in [0.15, 0.2) is 0 Å². The zero-order valence-electron chi connectivity index (χ0n) is 13.1. The van der Waals surface area contributed by atoms with Gasteiger partial charge in [-0.25, -0.2) is 4.79 Å². The molecule has 0 saturated carbocycles. The van der Waals surface area contributed by atoms with Crippen molar-refractivity contribution in [3.8, 4) is 0 Å². The average Bonchev–Trinajstić information content (AvgIpc) is 2.40. The van der Waals surface area contributed by atoms with Crippen molar-refractivity contribution < 1.29 is 28.7 Å². The molecule has 0 spiro atoms. The molecule has 0 rings (SSSR count). The molecular weight excluding hydrogens is 294 g/mol. The minimum absolute atomic E-state index is 0.264. The van der Waals surface area contributed by atoms with E-state index in [1.54, 1.807) is 20.8 Å². The highest BCUT2D eigenvalue weighted by atomic mass is 16.6. The summed E-state index contributed by atoms with van der Waals surface area (Å²) in [5.74, 6) is -2.04. The van der Waals surface area contributed by atoms with Crippen LogP contribution in [0.4, 0.5) is 4.79 Å². The highest BCUT2D eigenvalue weighted by Crippen LogP contribution is 2.05. The van der Waals surface area contributed by atoms with E-state index in [0.29, 0.717) is 0 Å². The van der Waals surface area contributed by atoms with Crippen molar-refractivity contribution in [1.29, 1.82) is 0 Å². The van der Waals surface area contributed by atoms with Gasteiger partial charge in [-0.2, -0.15) is 0 Å². The van der Waals surface area contributed by atoms with Crippen LogP contribution in [0.5, 0.6) is 0 Å². The molecule has 3 N–H and O–H groups in total. The molecule has 124 valence electrons. The molecule has 0 saturated heterocycles. The van der Waals surface area contributed by atoms with E-state index in [1.165, 1.54) is 7.11 Å². The lowest BCUT2D eigenvalue weighted by Crippen LogP contribution is -2.42. The molecule has 22 heavy (non-hydrogen) atoms. The van der Waals surface area contributed by atoms with Gasteiger partial charge < -0.3 is 25.4 Å². The lowest BCUT2D eigenvalue weighted by atomic mass is 10.2. The van der Waals surface area contributed by atoms with Crippen molar-refractivity contribution in [2.75, 3.05) is 20.2 Å². The van der Waals surface area contributed by atoms with Gasteiger partial charge in [0.2, 0.25) is 5.91 Å². The van der Waals surface area contributed by atoms with Crippen LogP contribution < -0.4 is 16.0 Å². The minimum atomic E-state index is -0.761. The molecule has 0 aromatic rings. The first-order valence-corrected chi connectivity index (χ1v) is 6.35. The number of alkyl carbamates (subject to hydrolysis) is 1. The molecule has 0 radical (unpaired) electrons. The summed E-state index contributed by atoms with van der Waals surface area (Å²) >= 11 is 0. The summed E-state index contributed by atoms with van der Waals surface area (Å²) in [6.45, 7) is 7.65. The van der Waals surface area contributed by atoms with Gasteiger partial charge in [-0.3, -0.25) is 14.4 Å². The number of ether oxygens (including phenoxy) is 2. The predicted octanol–water partition coefficient (Wildman–Crippen LogP) is -0.570. The highest BCUT2D eigenvalue weighted by molar-refractivity contribution is 5.98. The van der Waals surface area contributed by atoms with Crippen LogP contribution in [0.15, 0.2) is 12.3 Å². The Morgan fingerprint density at radius 3 is 2.14 bits per heavy atom. The Balaban J connectivity index is 4.10. The molecule has 3 amide bonds. The Labute approximate surface area is 128 Å². The van der Waals surface area contributed by atoms with Crippen LogP contribution in [0.25, 0.3) is 0 Å². The fourth-order valence-electron chi connectivity index (χ4n) is 1.07. The fraction of sp³-hybridized carbons (Fsp3) is 0.538. The summed E-state index contributed by atoms with van der Waals surface area (Å²) in [7, 11) is 1.17. The van der Waals surface area contributed by atoms with E-state index in [1.807, 2.05) is 0 Å². The number of carbonyl (C=O) groups is 4. The molecule has 0 aromatic carbocycles. The first-order chi connectivity index (χ1) is 10.0. The molecule has 9 nitrogen and oxygen atoms in total. The number of carbonyl (C=O) groups excluding carboxylic acids is 4. The van der Waals surface area contributed by atoms with Crippen LogP contribution >= 0.6 is 0 Å². The second-order valence-corrected chi connectivity index (χ2v) is 5.14. The van der Waals surface area contributed by atoms with Crippen LogP contribution in [0, 0.1) is 0 Å². The Hall–Kier alpha value is -2.58. The molecule has 0 aromatic heterocycles. The zero-order valence-corrected chi connectivity index (χ0v) is 13.1. The molecule has 0 aliphatic heterocycles. The van der Waals surface area contributed by atoms with Crippen LogP contribution in [0.3, 0.4) is 0 Å². The normalized spacial score (nSPS) is 10.2. The molecular formula is C13H21N3O6. The summed E-state index contributed by atoms with van der Waals surface area (Å²) in [6.07, 6.45) is -0.761. The smallest absolute Gasteiger partial charge is 0.408 e.